The summed E-state index contributed by atoms with van der Waals surface area (Å²) in [6, 6.07) is 7.47. The third-order valence-electron chi connectivity index (χ3n) is 4.57. The van der Waals surface area contributed by atoms with E-state index in [2.05, 4.69) is 0 Å². The lowest BCUT2D eigenvalue weighted by Crippen LogP contribution is -2.31. The van der Waals surface area contributed by atoms with Gasteiger partial charge < -0.3 is 14.9 Å². The Morgan fingerprint density at radius 3 is 2.48 bits per heavy atom. The molecule has 0 saturated carbocycles. The number of hydrogen-bond donors (Lipinski definition) is 1. The first-order chi connectivity index (χ1) is 11.0. The molecule has 2 heterocycles. The van der Waals surface area contributed by atoms with Crippen LogP contribution in [0.3, 0.4) is 0 Å². The normalized spacial score (nSPS) is 21.0. The maximum Gasteiger partial charge on any atom is 0.308 e. The Balaban J connectivity index is 1.59. The Labute approximate surface area is 134 Å². The Morgan fingerprint density at radius 1 is 1.17 bits per heavy atom. The van der Waals surface area contributed by atoms with Gasteiger partial charge in [-0.2, -0.15) is 0 Å². The Kier molecular flexibility index (Phi) is 4.32. The molecule has 0 aromatic heterocycles. The molecule has 1 aromatic carbocycles. The summed E-state index contributed by atoms with van der Waals surface area (Å²) in [5.41, 5.74) is 1.75. The fraction of sp³-hybridized carbons (Fsp3) is 0.471. The summed E-state index contributed by atoms with van der Waals surface area (Å²) in [5.74, 6) is -1.17. The lowest BCUT2D eigenvalue weighted by atomic mass is 10.1. The molecular weight excluding hydrogens is 296 g/mol. The lowest BCUT2D eigenvalue weighted by Gasteiger charge is -2.17. The summed E-state index contributed by atoms with van der Waals surface area (Å²) in [4.78, 5) is 38.3. The van der Waals surface area contributed by atoms with Crippen molar-refractivity contribution in [3.05, 3.63) is 29.8 Å². The van der Waals surface area contributed by atoms with Crippen molar-refractivity contribution >= 4 is 23.5 Å². The molecule has 0 radical (unpaired) electrons. The fourth-order valence-corrected chi connectivity index (χ4v) is 3.19. The quantitative estimate of drug-likeness (QED) is 0.908. The van der Waals surface area contributed by atoms with E-state index in [1.165, 1.54) is 0 Å². The van der Waals surface area contributed by atoms with Crippen molar-refractivity contribution in [2.45, 2.75) is 25.7 Å². The largest absolute Gasteiger partial charge is 0.481 e. The van der Waals surface area contributed by atoms with Gasteiger partial charge in [-0.05, 0) is 30.5 Å². The SMILES string of the molecule is O=C(O)[C@@H]1CCN(C(=O)Cc2ccc(N3CCCC3=O)cc2)C1. The van der Waals surface area contributed by atoms with Gasteiger partial charge in [0, 0.05) is 31.7 Å². The Bertz CT molecular complexity index is 626. The van der Waals surface area contributed by atoms with Gasteiger partial charge in [-0.15, -0.1) is 0 Å². The number of nitrogens with zero attached hydrogens (tertiary/aromatic N) is 2. The van der Waals surface area contributed by atoms with Crippen LogP contribution in [0.1, 0.15) is 24.8 Å². The second-order valence-corrected chi connectivity index (χ2v) is 6.16. The van der Waals surface area contributed by atoms with Gasteiger partial charge in [-0.1, -0.05) is 12.1 Å². The van der Waals surface area contributed by atoms with E-state index in [9.17, 15) is 14.4 Å². The Morgan fingerprint density at radius 2 is 1.91 bits per heavy atom. The molecule has 2 saturated heterocycles. The first-order valence-corrected chi connectivity index (χ1v) is 7.94. The zero-order chi connectivity index (χ0) is 16.4. The standard InChI is InChI=1S/C17H20N2O4/c20-15-2-1-8-19(15)14-5-3-12(4-6-14)10-16(21)18-9-7-13(11-18)17(22)23/h3-6,13H,1-2,7-11H2,(H,22,23)/t13-/m1/s1. The van der Waals surface area contributed by atoms with Gasteiger partial charge in [0.1, 0.15) is 0 Å². The van der Waals surface area contributed by atoms with Gasteiger partial charge >= 0.3 is 5.97 Å². The molecular formula is C17H20N2O4. The van der Waals surface area contributed by atoms with Crippen LogP contribution in [0.2, 0.25) is 0 Å². The van der Waals surface area contributed by atoms with Crippen LogP contribution in [0.5, 0.6) is 0 Å². The molecule has 1 atom stereocenters. The van der Waals surface area contributed by atoms with E-state index in [1.54, 1.807) is 9.80 Å². The van der Waals surface area contributed by atoms with Crippen LogP contribution < -0.4 is 4.90 Å². The van der Waals surface area contributed by atoms with E-state index >= 15 is 0 Å². The van der Waals surface area contributed by atoms with Gasteiger partial charge in [0.25, 0.3) is 0 Å². The smallest absolute Gasteiger partial charge is 0.308 e. The average molecular weight is 316 g/mol. The number of likely N-dealkylation sites (tertiary alicyclic amines) is 1. The van der Waals surface area contributed by atoms with Crippen LogP contribution in [-0.4, -0.2) is 47.4 Å². The second-order valence-electron chi connectivity index (χ2n) is 6.16. The highest BCUT2D eigenvalue weighted by atomic mass is 16.4. The third-order valence-corrected chi connectivity index (χ3v) is 4.57. The maximum atomic E-state index is 12.2. The summed E-state index contributed by atoms with van der Waals surface area (Å²) in [6.45, 7) is 1.56. The van der Waals surface area contributed by atoms with Crippen LogP contribution in [0.4, 0.5) is 5.69 Å². The van der Waals surface area contributed by atoms with Crippen LogP contribution in [-0.2, 0) is 20.8 Å². The van der Waals surface area contributed by atoms with Gasteiger partial charge in [0.15, 0.2) is 0 Å². The van der Waals surface area contributed by atoms with Crippen molar-refractivity contribution in [2.75, 3.05) is 24.5 Å². The second kappa shape index (κ2) is 6.40. The highest BCUT2D eigenvalue weighted by molar-refractivity contribution is 5.95. The first kappa shape index (κ1) is 15.5. The lowest BCUT2D eigenvalue weighted by molar-refractivity contribution is -0.141. The minimum atomic E-state index is -0.833. The molecule has 2 aliphatic heterocycles. The molecule has 0 unspecified atom stereocenters. The molecule has 3 rings (SSSR count). The molecule has 0 spiro atoms. The van der Waals surface area contributed by atoms with Crippen LogP contribution in [0.25, 0.3) is 0 Å². The highest BCUT2D eigenvalue weighted by Crippen LogP contribution is 2.22. The molecule has 6 nitrogen and oxygen atoms in total. The number of carboxylic acid groups (broad SMARTS) is 1. The molecule has 2 amide bonds. The zero-order valence-corrected chi connectivity index (χ0v) is 12.9. The number of aliphatic carboxylic acids is 1. The van der Waals surface area contributed by atoms with Gasteiger partial charge in [0.05, 0.1) is 12.3 Å². The first-order valence-electron chi connectivity index (χ1n) is 7.94. The minimum absolute atomic E-state index is 0.0428. The average Bonchev–Trinajstić information content (AvgIpc) is 3.17. The van der Waals surface area contributed by atoms with E-state index in [-0.39, 0.29) is 18.2 Å². The number of hydrogen-bond acceptors (Lipinski definition) is 3. The maximum absolute atomic E-state index is 12.2. The van der Waals surface area contributed by atoms with Crippen molar-refractivity contribution in [2.24, 2.45) is 5.92 Å². The number of carbonyl (C=O) groups excluding carboxylic acids is 2. The van der Waals surface area contributed by atoms with Gasteiger partial charge in [-0.25, -0.2) is 0 Å². The van der Waals surface area contributed by atoms with E-state index in [1.807, 2.05) is 24.3 Å². The summed E-state index contributed by atoms with van der Waals surface area (Å²) in [6.07, 6.45) is 2.27. The van der Waals surface area contributed by atoms with Crippen molar-refractivity contribution in [3.8, 4) is 0 Å². The molecule has 0 bridgehead atoms. The fourth-order valence-electron chi connectivity index (χ4n) is 3.19. The summed E-state index contributed by atoms with van der Waals surface area (Å²) in [5, 5.41) is 8.99. The molecule has 23 heavy (non-hydrogen) atoms. The predicted octanol–water partition coefficient (Wildman–Crippen LogP) is 1.29. The van der Waals surface area contributed by atoms with E-state index in [0.29, 0.717) is 25.9 Å². The molecule has 6 heteroatoms. The summed E-state index contributed by atoms with van der Waals surface area (Å²) in [7, 11) is 0. The van der Waals surface area contributed by atoms with Gasteiger partial charge in [-0.3, -0.25) is 14.4 Å². The minimum Gasteiger partial charge on any atom is -0.481 e. The molecule has 1 N–H and O–H groups in total. The van der Waals surface area contributed by atoms with Crippen molar-refractivity contribution in [1.29, 1.82) is 0 Å². The van der Waals surface area contributed by atoms with E-state index < -0.39 is 11.9 Å². The monoisotopic (exact) mass is 316 g/mol. The van der Waals surface area contributed by atoms with Crippen molar-refractivity contribution in [1.82, 2.24) is 4.90 Å². The Hall–Kier alpha value is -2.37. The topological polar surface area (TPSA) is 77.9 Å². The number of rotatable bonds is 4. The predicted molar refractivity (Wildman–Crippen MR) is 84.1 cm³/mol. The molecule has 2 aliphatic rings. The molecule has 0 aliphatic carbocycles. The van der Waals surface area contributed by atoms with Gasteiger partial charge in [0.2, 0.25) is 11.8 Å². The number of carboxylic acids is 1. The molecule has 122 valence electrons. The van der Waals surface area contributed by atoms with Crippen LogP contribution in [0, 0.1) is 5.92 Å². The summed E-state index contributed by atoms with van der Waals surface area (Å²) >= 11 is 0. The number of benzene rings is 1. The summed E-state index contributed by atoms with van der Waals surface area (Å²) < 4.78 is 0. The molecule has 1 aromatic rings. The molecule has 2 fully saturated rings. The third kappa shape index (κ3) is 3.36. The van der Waals surface area contributed by atoms with Crippen molar-refractivity contribution < 1.29 is 19.5 Å². The number of carbonyl (C=O) groups is 3. The van der Waals surface area contributed by atoms with E-state index in [4.69, 9.17) is 5.11 Å². The van der Waals surface area contributed by atoms with E-state index in [0.717, 1.165) is 24.2 Å². The van der Waals surface area contributed by atoms with Crippen LogP contribution >= 0.6 is 0 Å². The van der Waals surface area contributed by atoms with Crippen molar-refractivity contribution in [3.63, 3.8) is 0 Å². The number of anilines is 1. The van der Waals surface area contributed by atoms with Crippen LogP contribution in [0.15, 0.2) is 24.3 Å². The highest BCUT2D eigenvalue weighted by Gasteiger charge is 2.30. The number of amides is 2. The zero-order valence-electron chi connectivity index (χ0n) is 12.9.